The van der Waals surface area contributed by atoms with Crippen molar-refractivity contribution >= 4 is 0 Å². The largest absolute Gasteiger partial charge is 0.328 e. The van der Waals surface area contributed by atoms with Crippen LogP contribution in [0.15, 0.2) is 0 Å². The van der Waals surface area contributed by atoms with Crippen molar-refractivity contribution in [3.63, 3.8) is 0 Å². The van der Waals surface area contributed by atoms with Gasteiger partial charge in [0.25, 0.3) is 0 Å². The van der Waals surface area contributed by atoms with Crippen molar-refractivity contribution in [3.8, 4) is 0 Å². The summed E-state index contributed by atoms with van der Waals surface area (Å²) in [7, 11) is 0. The molecule has 9 heavy (non-hydrogen) atoms. The maximum absolute atomic E-state index is 5.60. The zero-order valence-electron chi connectivity index (χ0n) is 6.85. The Bertz CT molecular complexity index is 59.6. The van der Waals surface area contributed by atoms with Crippen LogP contribution in [0.25, 0.3) is 0 Å². The van der Waals surface area contributed by atoms with Gasteiger partial charge in [0.1, 0.15) is 0 Å². The van der Waals surface area contributed by atoms with Gasteiger partial charge in [0.05, 0.1) is 0 Å². The molecule has 0 fully saturated rings. The molecule has 2 atom stereocenters. The predicted molar refractivity (Wildman–Crippen MR) is 42.3 cm³/mol. The molecule has 0 aliphatic carbocycles. The molecule has 0 bridgehead atoms. The van der Waals surface area contributed by atoms with Gasteiger partial charge in [0.15, 0.2) is 0 Å². The smallest absolute Gasteiger partial charge is 0.00105 e. The topological polar surface area (TPSA) is 26.0 Å². The van der Waals surface area contributed by atoms with Crippen LogP contribution in [0.5, 0.6) is 0 Å². The average Bonchev–Trinajstić information content (AvgIpc) is 1.83. The highest BCUT2D eigenvalue weighted by atomic mass is 14.6. The van der Waals surface area contributed by atoms with E-state index in [0.29, 0.717) is 6.04 Å². The number of hydrogen-bond donors (Lipinski definition) is 1. The Morgan fingerprint density at radius 2 is 1.78 bits per heavy atom. The van der Waals surface area contributed by atoms with Crippen molar-refractivity contribution in [2.24, 2.45) is 11.7 Å². The molecule has 1 nitrogen and oxygen atoms in total. The first kappa shape index (κ1) is 8.96. The average molecular weight is 129 g/mol. The third-order valence-electron chi connectivity index (χ3n) is 1.81. The van der Waals surface area contributed by atoms with Gasteiger partial charge in [-0.25, -0.2) is 0 Å². The molecule has 0 radical (unpaired) electrons. The van der Waals surface area contributed by atoms with Crippen LogP contribution in [0, 0.1) is 5.92 Å². The Morgan fingerprint density at radius 3 is 2.11 bits per heavy atom. The summed E-state index contributed by atoms with van der Waals surface area (Å²) in [6.07, 6.45) is 3.75. The standard InChI is InChI=1S/C8H19N/c1-4-7(2)5-6-8(3)9/h7-8H,4-6,9H2,1-3H3/t7-,8+/m1/s1. The summed E-state index contributed by atoms with van der Waals surface area (Å²) in [6, 6.07) is 0.388. The second kappa shape index (κ2) is 4.80. The fourth-order valence-corrected chi connectivity index (χ4v) is 0.752. The summed E-state index contributed by atoms with van der Waals surface area (Å²) in [5.74, 6) is 0.857. The Hall–Kier alpha value is -0.0400. The molecule has 0 amide bonds. The van der Waals surface area contributed by atoms with E-state index in [1.807, 2.05) is 0 Å². The highest BCUT2D eigenvalue weighted by Gasteiger charge is 1.99. The van der Waals surface area contributed by atoms with Gasteiger partial charge < -0.3 is 5.73 Å². The van der Waals surface area contributed by atoms with Crippen molar-refractivity contribution in [1.82, 2.24) is 0 Å². The van der Waals surface area contributed by atoms with Gasteiger partial charge in [0, 0.05) is 6.04 Å². The van der Waals surface area contributed by atoms with Crippen molar-refractivity contribution in [1.29, 1.82) is 0 Å². The third-order valence-corrected chi connectivity index (χ3v) is 1.81. The van der Waals surface area contributed by atoms with Crippen LogP contribution in [0.1, 0.15) is 40.0 Å². The number of hydrogen-bond acceptors (Lipinski definition) is 1. The van der Waals surface area contributed by atoms with Crippen molar-refractivity contribution in [2.45, 2.75) is 46.1 Å². The second-order valence-corrected chi connectivity index (χ2v) is 3.07. The summed E-state index contributed by atoms with van der Waals surface area (Å²) < 4.78 is 0. The Labute approximate surface area is 58.6 Å². The quantitative estimate of drug-likeness (QED) is 0.618. The van der Waals surface area contributed by atoms with E-state index < -0.39 is 0 Å². The first-order chi connectivity index (χ1) is 4.16. The minimum Gasteiger partial charge on any atom is -0.328 e. The van der Waals surface area contributed by atoms with Gasteiger partial charge in [-0.2, -0.15) is 0 Å². The molecular formula is C8H19N. The van der Waals surface area contributed by atoms with Crippen LogP contribution in [0.4, 0.5) is 0 Å². The van der Waals surface area contributed by atoms with E-state index in [4.69, 9.17) is 5.73 Å². The van der Waals surface area contributed by atoms with Crippen molar-refractivity contribution < 1.29 is 0 Å². The van der Waals surface area contributed by atoms with E-state index in [1.54, 1.807) is 0 Å². The zero-order chi connectivity index (χ0) is 7.28. The Balaban J connectivity index is 3.06. The summed E-state index contributed by atoms with van der Waals surface area (Å²) in [4.78, 5) is 0. The van der Waals surface area contributed by atoms with E-state index in [9.17, 15) is 0 Å². The van der Waals surface area contributed by atoms with Gasteiger partial charge in [-0.3, -0.25) is 0 Å². The number of rotatable bonds is 4. The minimum absolute atomic E-state index is 0.388. The fraction of sp³-hybridized carbons (Fsp3) is 1.00. The predicted octanol–water partition coefficient (Wildman–Crippen LogP) is 2.16. The summed E-state index contributed by atoms with van der Waals surface area (Å²) >= 11 is 0. The molecule has 1 heteroatoms. The first-order valence-electron chi connectivity index (χ1n) is 3.92. The van der Waals surface area contributed by atoms with E-state index >= 15 is 0 Å². The molecule has 0 aliphatic rings. The fourth-order valence-electron chi connectivity index (χ4n) is 0.752. The highest BCUT2D eigenvalue weighted by molar-refractivity contribution is 4.56. The zero-order valence-corrected chi connectivity index (χ0v) is 6.85. The maximum Gasteiger partial charge on any atom is 0.00105 e. The van der Waals surface area contributed by atoms with Gasteiger partial charge in [-0.15, -0.1) is 0 Å². The van der Waals surface area contributed by atoms with Crippen LogP contribution >= 0.6 is 0 Å². The second-order valence-electron chi connectivity index (χ2n) is 3.07. The van der Waals surface area contributed by atoms with Gasteiger partial charge in [0.2, 0.25) is 0 Å². The van der Waals surface area contributed by atoms with Gasteiger partial charge in [-0.05, 0) is 25.7 Å². The molecule has 2 N–H and O–H groups in total. The molecule has 0 saturated heterocycles. The molecule has 0 aliphatic heterocycles. The van der Waals surface area contributed by atoms with Crippen LogP contribution in [-0.2, 0) is 0 Å². The SMILES string of the molecule is CC[C@@H](C)CC[C@H](C)N. The first-order valence-corrected chi connectivity index (χ1v) is 3.92. The van der Waals surface area contributed by atoms with Gasteiger partial charge in [-0.1, -0.05) is 20.3 Å². The molecule has 0 aromatic heterocycles. The van der Waals surface area contributed by atoms with E-state index in [0.717, 1.165) is 5.92 Å². The Kier molecular flexibility index (Phi) is 4.78. The van der Waals surface area contributed by atoms with Gasteiger partial charge >= 0.3 is 0 Å². The highest BCUT2D eigenvalue weighted by Crippen LogP contribution is 2.09. The lowest BCUT2D eigenvalue weighted by Gasteiger charge is -2.09. The van der Waals surface area contributed by atoms with Crippen LogP contribution < -0.4 is 5.73 Å². The minimum atomic E-state index is 0.388. The van der Waals surface area contributed by atoms with E-state index in [-0.39, 0.29) is 0 Å². The summed E-state index contributed by atoms with van der Waals surface area (Å²) in [5, 5.41) is 0. The van der Waals surface area contributed by atoms with Crippen LogP contribution in [-0.4, -0.2) is 6.04 Å². The normalized spacial score (nSPS) is 17.3. The lowest BCUT2D eigenvalue weighted by molar-refractivity contribution is 0.469. The van der Waals surface area contributed by atoms with Crippen molar-refractivity contribution in [2.75, 3.05) is 0 Å². The molecule has 0 spiro atoms. The lowest BCUT2D eigenvalue weighted by atomic mass is 10.0. The molecule has 56 valence electrons. The number of nitrogens with two attached hydrogens (primary N) is 1. The van der Waals surface area contributed by atoms with Crippen molar-refractivity contribution in [3.05, 3.63) is 0 Å². The molecule has 0 rings (SSSR count). The van der Waals surface area contributed by atoms with Crippen LogP contribution in [0.2, 0.25) is 0 Å². The monoisotopic (exact) mass is 129 g/mol. The molecule has 0 unspecified atom stereocenters. The third kappa shape index (κ3) is 5.84. The maximum atomic E-state index is 5.60. The molecule has 0 aromatic carbocycles. The molecule has 0 saturated carbocycles. The summed E-state index contributed by atoms with van der Waals surface area (Å²) in [5.41, 5.74) is 5.60. The molecule has 0 aromatic rings. The summed E-state index contributed by atoms with van der Waals surface area (Å²) in [6.45, 7) is 6.58. The van der Waals surface area contributed by atoms with E-state index in [2.05, 4.69) is 20.8 Å². The molecular weight excluding hydrogens is 110 g/mol. The van der Waals surface area contributed by atoms with E-state index in [1.165, 1.54) is 19.3 Å². The molecule has 0 heterocycles. The van der Waals surface area contributed by atoms with Crippen LogP contribution in [0.3, 0.4) is 0 Å². The Morgan fingerprint density at radius 1 is 1.22 bits per heavy atom. The lowest BCUT2D eigenvalue weighted by Crippen LogP contribution is -2.15.